The molecule has 1 atom stereocenters. The van der Waals surface area contributed by atoms with Gasteiger partial charge >= 0.3 is 0 Å². The first-order valence-electron chi connectivity index (χ1n) is 6.40. The number of nitrogen functional groups attached to an aromatic ring is 1. The molecule has 2 aromatic carbocycles. The van der Waals surface area contributed by atoms with E-state index in [2.05, 4.69) is 5.32 Å². The largest absolute Gasteiger partial charge is 0.399 e. The van der Waals surface area contributed by atoms with Crippen LogP contribution in [0.5, 0.6) is 0 Å². The van der Waals surface area contributed by atoms with Crippen LogP contribution in [-0.2, 0) is 0 Å². The second kappa shape index (κ2) is 5.97. The third-order valence-corrected chi connectivity index (χ3v) is 3.44. The molecule has 0 saturated heterocycles. The number of carbonyl (C=O) groups is 1. The van der Waals surface area contributed by atoms with E-state index in [1.165, 1.54) is 0 Å². The molecule has 0 heterocycles. The average molecular weight is 289 g/mol. The van der Waals surface area contributed by atoms with Gasteiger partial charge in [-0.15, -0.1) is 0 Å². The molecule has 4 heteroatoms. The Hall–Kier alpha value is -2.00. The van der Waals surface area contributed by atoms with E-state index in [1.807, 2.05) is 44.2 Å². The molecule has 0 radical (unpaired) electrons. The number of amides is 1. The molecule has 1 unspecified atom stereocenters. The smallest absolute Gasteiger partial charge is 0.252 e. The van der Waals surface area contributed by atoms with Crippen LogP contribution in [0.4, 0.5) is 5.69 Å². The Morgan fingerprint density at radius 3 is 2.70 bits per heavy atom. The molecule has 3 N–H and O–H groups in total. The van der Waals surface area contributed by atoms with Gasteiger partial charge in [0.05, 0.1) is 6.04 Å². The minimum absolute atomic E-state index is 0.121. The summed E-state index contributed by atoms with van der Waals surface area (Å²) in [7, 11) is 0. The van der Waals surface area contributed by atoms with Crippen molar-refractivity contribution >= 4 is 23.2 Å². The minimum Gasteiger partial charge on any atom is -0.399 e. The van der Waals surface area contributed by atoms with Crippen LogP contribution < -0.4 is 11.1 Å². The summed E-state index contributed by atoms with van der Waals surface area (Å²) in [5.41, 5.74) is 8.89. The molecule has 0 saturated carbocycles. The molecular weight excluding hydrogens is 272 g/mol. The normalized spacial score (nSPS) is 11.9. The molecule has 0 spiro atoms. The van der Waals surface area contributed by atoms with Gasteiger partial charge in [-0.25, -0.2) is 0 Å². The van der Waals surface area contributed by atoms with Crippen molar-refractivity contribution in [2.45, 2.75) is 19.9 Å². The zero-order valence-electron chi connectivity index (χ0n) is 11.5. The number of hydrogen-bond acceptors (Lipinski definition) is 2. The summed E-state index contributed by atoms with van der Waals surface area (Å²) in [5, 5.41) is 3.51. The number of benzene rings is 2. The lowest BCUT2D eigenvalue weighted by atomic mass is 10.1. The Morgan fingerprint density at radius 1 is 1.25 bits per heavy atom. The number of carbonyl (C=O) groups excluding carboxylic acids is 1. The summed E-state index contributed by atoms with van der Waals surface area (Å²) in [6.45, 7) is 3.81. The maximum absolute atomic E-state index is 12.3. The van der Waals surface area contributed by atoms with E-state index < -0.39 is 0 Å². The van der Waals surface area contributed by atoms with Gasteiger partial charge in [-0.05, 0) is 49.2 Å². The SMILES string of the molecule is Cc1ccc(Cl)cc1C(=O)NC(C)c1cccc(N)c1. The third-order valence-electron chi connectivity index (χ3n) is 3.20. The van der Waals surface area contributed by atoms with Gasteiger partial charge in [-0.1, -0.05) is 29.8 Å². The lowest BCUT2D eigenvalue weighted by molar-refractivity contribution is 0.0939. The first-order chi connectivity index (χ1) is 9.47. The Morgan fingerprint density at radius 2 is 2.00 bits per heavy atom. The van der Waals surface area contributed by atoms with Crippen molar-refractivity contribution in [3.63, 3.8) is 0 Å². The molecule has 104 valence electrons. The quantitative estimate of drug-likeness (QED) is 0.846. The number of nitrogens with two attached hydrogens (primary N) is 1. The summed E-state index contributed by atoms with van der Waals surface area (Å²) in [6, 6.07) is 12.7. The summed E-state index contributed by atoms with van der Waals surface area (Å²) < 4.78 is 0. The van der Waals surface area contributed by atoms with E-state index in [0.29, 0.717) is 16.3 Å². The number of anilines is 1. The predicted molar refractivity (Wildman–Crippen MR) is 82.9 cm³/mol. The van der Waals surface area contributed by atoms with Crippen LogP contribution in [0.3, 0.4) is 0 Å². The van der Waals surface area contributed by atoms with Gasteiger partial charge in [0, 0.05) is 16.3 Å². The molecule has 2 rings (SSSR count). The number of rotatable bonds is 3. The summed E-state index contributed by atoms with van der Waals surface area (Å²) in [5.74, 6) is -0.139. The zero-order chi connectivity index (χ0) is 14.7. The van der Waals surface area contributed by atoms with Crippen molar-refractivity contribution in [1.82, 2.24) is 5.32 Å². The topological polar surface area (TPSA) is 55.1 Å². The fourth-order valence-electron chi connectivity index (χ4n) is 2.02. The van der Waals surface area contributed by atoms with E-state index >= 15 is 0 Å². The molecule has 0 aromatic heterocycles. The lowest BCUT2D eigenvalue weighted by Crippen LogP contribution is -2.27. The maximum atomic E-state index is 12.3. The molecule has 20 heavy (non-hydrogen) atoms. The highest BCUT2D eigenvalue weighted by Crippen LogP contribution is 2.19. The molecule has 0 aliphatic rings. The van der Waals surface area contributed by atoms with Crippen LogP contribution >= 0.6 is 11.6 Å². The highest BCUT2D eigenvalue weighted by molar-refractivity contribution is 6.31. The maximum Gasteiger partial charge on any atom is 0.252 e. The summed E-state index contributed by atoms with van der Waals surface area (Å²) >= 11 is 5.94. The minimum atomic E-state index is -0.139. The number of aryl methyl sites for hydroxylation is 1. The van der Waals surface area contributed by atoms with Crippen LogP contribution in [0, 0.1) is 6.92 Å². The zero-order valence-corrected chi connectivity index (χ0v) is 12.2. The Kier molecular flexibility index (Phi) is 4.30. The van der Waals surface area contributed by atoms with E-state index in [0.717, 1.165) is 11.1 Å². The van der Waals surface area contributed by atoms with Gasteiger partial charge in [-0.2, -0.15) is 0 Å². The van der Waals surface area contributed by atoms with Crippen molar-refractivity contribution in [3.8, 4) is 0 Å². The highest BCUT2D eigenvalue weighted by Gasteiger charge is 2.13. The second-order valence-corrected chi connectivity index (χ2v) is 5.26. The van der Waals surface area contributed by atoms with Gasteiger partial charge < -0.3 is 11.1 Å². The molecule has 0 aliphatic carbocycles. The number of nitrogens with one attached hydrogen (secondary N) is 1. The van der Waals surface area contributed by atoms with Crippen LogP contribution in [0.1, 0.15) is 34.5 Å². The first-order valence-corrected chi connectivity index (χ1v) is 6.77. The van der Waals surface area contributed by atoms with Crippen molar-refractivity contribution in [1.29, 1.82) is 0 Å². The van der Waals surface area contributed by atoms with Crippen molar-refractivity contribution < 1.29 is 4.79 Å². The van der Waals surface area contributed by atoms with Crippen molar-refractivity contribution in [2.75, 3.05) is 5.73 Å². The summed E-state index contributed by atoms with van der Waals surface area (Å²) in [4.78, 5) is 12.3. The van der Waals surface area contributed by atoms with E-state index in [4.69, 9.17) is 17.3 Å². The standard InChI is InChI=1S/C16H17ClN2O/c1-10-6-7-13(17)9-15(10)16(20)19-11(2)12-4-3-5-14(18)8-12/h3-9,11H,18H2,1-2H3,(H,19,20). The third kappa shape index (κ3) is 3.31. The molecule has 0 aliphatic heterocycles. The van der Waals surface area contributed by atoms with Gasteiger partial charge in [0.2, 0.25) is 0 Å². The average Bonchev–Trinajstić information content (AvgIpc) is 2.41. The predicted octanol–water partition coefficient (Wildman–Crippen LogP) is 3.72. The van der Waals surface area contributed by atoms with Crippen LogP contribution in [0.2, 0.25) is 5.02 Å². The van der Waals surface area contributed by atoms with Crippen molar-refractivity contribution in [3.05, 3.63) is 64.2 Å². The van der Waals surface area contributed by atoms with E-state index in [1.54, 1.807) is 12.1 Å². The highest BCUT2D eigenvalue weighted by atomic mass is 35.5. The summed E-state index contributed by atoms with van der Waals surface area (Å²) in [6.07, 6.45) is 0. The second-order valence-electron chi connectivity index (χ2n) is 4.82. The van der Waals surface area contributed by atoms with Gasteiger partial charge in [0.1, 0.15) is 0 Å². The lowest BCUT2D eigenvalue weighted by Gasteiger charge is -2.16. The fraction of sp³-hybridized carbons (Fsp3) is 0.188. The molecule has 0 fully saturated rings. The first kappa shape index (κ1) is 14.4. The van der Waals surface area contributed by atoms with Crippen LogP contribution in [0.25, 0.3) is 0 Å². The molecule has 3 nitrogen and oxygen atoms in total. The fourth-order valence-corrected chi connectivity index (χ4v) is 2.20. The van der Waals surface area contributed by atoms with E-state index in [9.17, 15) is 4.79 Å². The Bertz CT molecular complexity index is 640. The number of halogens is 1. The van der Waals surface area contributed by atoms with Gasteiger partial charge in [-0.3, -0.25) is 4.79 Å². The molecule has 2 aromatic rings. The Labute approximate surface area is 123 Å². The molecule has 1 amide bonds. The van der Waals surface area contributed by atoms with Gasteiger partial charge in [0.15, 0.2) is 0 Å². The Balaban J connectivity index is 2.17. The molecule has 0 bridgehead atoms. The van der Waals surface area contributed by atoms with Gasteiger partial charge in [0.25, 0.3) is 5.91 Å². The monoisotopic (exact) mass is 288 g/mol. The van der Waals surface area contributed by atoms with Crippen LogP contribution in [-0.4, -0.2) is 5.91 Å². The van der Waals surface area contributed by atoms with E-state index in [-0.39, 0.29) is 11.9 Å². The van der Waals surface area contributed by atoms with Crippen molar-refractivity contribution in [2.24, 2.45) is 0 Å². The number of hydrogen-bond donors (Lipinski definition) is 2. The molecular formula is C16H17ClN2O. The van der Waals surface area contributed by atoms with Crippen LogP contribution in [0.15, 0.2) is 42.5 Å².